The molecule has 7 heteroatoms. The van der Waals surface area contributed by atoms with Crippen LogP contribution < -0.4 is 10.6 Å². The van der Waals surface area contributed by atoms with Crippen molar-refractivity contribution in [3.63, 3.8) is 0 Å². The van der Waals surface area contributed by atoms with Crippen LogP contribution in [-0.2, 0) is 14.4 Å². The summed E-state index contributed by atoms with van der Waals surface area (Å²) in [5.74, 6) is -1.92. The van der Waals surface area contributed by atoms with Crippen LogP contribution in [0.4, 0.5) is 0 Å². The SMILES string of the molecule is CC[C@H](C)[C@H](CO)N1C(=O)[C@H]2[C@H](C=C[C@@H](CC)[C@H]2C(=O)NC)[C@H]1C(=O)NC1CCCCC1. The van der Waals surface area contributed by atoms with Crippen LogP contribution in [0.3, 0.4) is 0 Å². The molecule has 3 amide bonds. The van der Waals surface area contributed by atoms with Crippen LogP contribution in [0, 0.1) is 29.6 Å². The molecular formula is C25H41N3O4. The lowest BCUT2D eigenvalue weighted by atomic mass is 9.68. The molecule has 0 spiro atoms. The molecule has 0 radical (unpaired) electrons. The quantitative estimate of drug-likeness (QED) is 0.497. The summed E-state index contributed by atoms with van der Waals surface area (Å²) >= 11 is 0. The molecule has 0 aromatic rings. The number of hydrogen-bond acceptors (Lipinski definition) is 4. The van der Waals surface area contributed by atoms with Crippen LogP contribution in [-0.4, -0.2) is 59.5 Å². The maximum atomic E-state index is 13.9. The standard InChI is InChI=1S/C25H41N3O4/c1-5-15(3)19(14-29)28-22(24(31)27-17-10-8-7-9-11-17)18-13-12-16(6-2)20(23(30)26-4)21(18)25(28)32/h12-13,15-22,29H,5-11,14H2,1-4H3,(H,26,30)(H,27,31)/t15-,16+,18-,19-,20+,21-,22-/m0/s1. The largest absolute Gasteiger partial charge is 0.394 e. The number of fused-ring (bicyclic) bond motifs is 1. The van der Waals surface area contributed by atoms with E-state index >= 15 is 0 Å². The molecule has 2 aliphatic carbocycles. The summed E-state index contributed by atoms with van der Waals surface area (Å²) in [6.45, 7) is 5.86. The Hall–Kier alpha value is -1.89. The van der Waals surface area contributed by atoms with Gasteiger partial charge in [0.1, 0.15) is 6.04 Å². The summed E-state index contributed by atoms with van der Waals surface area (Å²) in [4.78, 5) is 42.0. The van der Waals surface area contributed by atoms with Crippen molar-refractivity contribution in [1.29, 1.82) is 0 Å². The van der Waals surface area contributed by atoms with E-state index in [9.17, 15) is 19.5 Å². The van der Waals surface area contributed by atoms with Gasteiger partial charge < -0.3 is 20.6 Å². The fraction of sp³-hybridized carbons (Fsp3) is 0.800. The van der Waals surface area contributed by atoms with Crippen molar-refractivity contribution < 1.29 is 19.5 Å². The van der Waals surface area contributed by atoms with Crippen molar-refractivity contribution in [2.24, 2.45) is 29.6 Å². The monoisotopic (exact) mass is 447 g/mol. The van der Waals surface area contributed by atoms with Crippen LogP contribution in [0.2, 0.25) is 0 Å². The van der Waals surface area contributed by atoms with Gasteiger partial charge in [0.2, 0.25) is 17.7 Å². The van der Waals surface area contributed by atoms with Gasteiger partial charge in [-0.05, 0) is 31.1 Å². The molecule has 3 N–H and O–H groups in total. The third-order valence-corrected chi connectivity index (χ3v) is 8.13. The van der Waals surface area contributed by atoms with Gasteiger partial charge in [0, 0.05) is 19.0 Å². The minimum absolute atomic E-state index is 0.0403. The number of rotatable bonds is 8. The van der Waals surface area contributed by atoms with Crippen molar-refractivity contribution in [1.82, 2.24) is 15.5 Å². The molecule has 1 saturated heterocycles. The summed E-state index contributed by atoms with van der Waals surface area (Å²) in [7, 11) is 1.60. The molecular weight excluding hydrogens is 406 g/mol. The van der Waals surface area contributed by atoms with Crippen molar-refractivity contribution in [2.45, 2.75) is 83.8 Å². The predicted octanol–water partition coefficient (Wildman–Crippen LogP) is 2.24. The molecule has 1 saturated carbocycles. The molecule has 3 aliphatic rings. The maximum absolute atomic E-state index is 13.9. The Morgan fingerprint density at radius 3 is 2.41 bits per heavy atom. The molecule has 180 valence electrons. The molecule has 1 aliphatic heterocycles. The molecule has 0 aromatic carbocycles. The minimum atomic E-state index is -0.693. The van der Waals surface area contributed by atoms with Crippen molar-refractivity contribution in [2.75, 3.05) is 13.7 Å². The van der Waals surface area contributed by atoms with Gasteiger partial charge in [0.15, 0.2) is 0 Å². The minimum Gasteiger partial charge on any atom is -0.394 e. The molecule has 0 aromatic heterocycles. The number of hydrogen-bond donors (Lipinski definition) is 3. The Labute approximate surface area is 192 Å². The number of aliphatic hydroxyl groups excluding tert-OH is 1. The second kappa shape index (κ2) is 10.8. The van der Waals surface area contributed by atoms with E-state index in [1.807, 2.05) is 32.9 Å². The van der Waals surface area contributed by atoms with E-state index in [4.69, 9.17) is 0 Å². The Bertz CT molecular complexity index is 718. The number of amides is 3. The van der Waals surface area contributed by atoms with E-state index in [2.05, 4.69) is 10.6 Å². The van der Waals surface area contributed by atoms with Gasteiger partial charge in [0.25, 0.3) is 0 Å². The normalized spacial score (nSPS) is 32.3. The second-order valence-electron chi connectivity index (χ2n) is 9.87. The van der Waals surface area contributed by atoms with Crippen LogP contribution in [0.5, 0.6) is 0 Å². The topological polar surface area (TPSA) is 98.7 Å². The smallest absolute Gasteiger partial charge is 0.243 e. The highest BCUT2D eigenvalue weighted by atomic mass is 16.3. The number of nitrogens with one attached hydrogen (secondary N) is 2. The first-order valence-corrected chi connectivity index (χ1v) is 12.5. The third kappa shape index (κ3) is 4.59. The maximum Gasteiger partial charge on any atom is 0.243 e. The van der Waals surface area contributed by atoms with Gasteiger partial charge in [-0.15, -0.1) is 0 Å². The van der Waals surface area contributed by atoms with Crippen LogP contribution >= 0.6 is 0 Å². The molecule has 7 nitrogen and oxygen atoms in total. The first-order valence-electron chi connectivity index (χ1n) is 12.5. The molecule has 7 atom stereocenters. The highest BCUT2D eigenvalue weighted by Gasteiger charge is 2.58. The summed E-state index contributed by atoms with van der Waals surface area (Å²) < 4.78 is 0. The van der Waals surface area contributed by atoms with Crippen LogP contribution in [0.25, 0.3) is 0 Å². The molecule has 32 heavy (non-hydrogen) atoms. The highest BCUT2D eigenvalue weighted by molar-refractivity contribution is 5.97. The fourth-order valence-electron chi connectivity index (χ4n) is 6.06. The predicted molar refractivity (Wildman–Crippen MR) is 123 cm³/mol. The number of likely N-dealkylation sites (tertiary alicyclic amines) is 1. The Kier molecular flexibility index (Phi) is 8.37. The van der Waals surface area contributed by atoms with E-state index in [1.54, 1.807) is 11.9 Å². The molecule has 1 heterocycles. The molecule has 3 rings (SSSR count). The lowest BCUT2D eigenvalue weighted by Crippen LogP contribution is -2.55. The lowest BCUT2D eigenvalue weighted by Gasteiger charge is -2.37. The average Bonchev–Trinajstić information content (AvgIpc) is 3.11. The zero-order valence-electron chi connectivity index (χ0n) is 20.0. The zero-order chi connectivity index (χ0) is 23.4. The van der Waals surface area contributed by atoms with E-state index in [1.165, 1.54) is 6.42 Å². The highest BCUT2D eigenvalue weighted by Crippen LogP contribution is 2.46. The van der Waals surface area contributed by atoms with E-state index in [0.717, 1.165) is 38.5 Å². The van der Waals surface area contributed by atoms with Gasteiger partial charge in [0.05, 0.1) is 24.5 Å². The molecule has 0 unspecified atom stereocenters. The van der Waals surface area contributed by atoms with Gasteiger partial charge in [-0.3, -0.25) is 14.4 Å². The van der Waals surface area contributed by atoms with Crippen LogP contribution in [0.15, 0.2) is 12.2 Å². The third-order valence-electron chi connectivity index (χ3n) is 8.13. The first-order chi connectivity index (χ1) is 15.4. The van der Waals surface area contributed by atoms with Gasteiger partial charge in [-0.25, -0.2) is 0 Å². The Morgan fingerprint density at radius 1 is 1.16 bits per heavy atom. The van der Waals surface area contributed by atoms with Crippen molar-refractivity contribution >= 4 is 17.7 Å². The number of nitrogens with zero attached hydrogens (tertiary/aromatic N) is 1. The van der Waals surface area contributed by atoms with Crippen LogP contribution in [0.1, 0.15) is 65.7 Å². The second-order valence-corrected chi connectivity index (χ2v) is 9.87. The summed E-state index contributed by atoms with van der Waals surface area (Å²) in [6, 6.07) is -1.00. The average molecular weight is 448 g/mol. The summed E-state index contributed by atoms with van der Waals surface area (Å²) in [6.07, 6.45) is 10.9. The Morgan fingerprint density at radius 2 is 1.84 bits per heavy atom. The zero-order valence-corrected chi connectivity index (χ0v) is 20.0. The number of allylic oxidation sites excluding steroid dienone is 1. The van der Waals surface area contributed by atoms with Gasteiger partial charge in [-0.1, -0.05) is 58.6 Å². The summed E-state index contributed by atoms with van der Waals surface area (Å²) in [5.41, 5.74) is 0. The van der Waals surface area contributed by atoms with E-state index in [0.29, 0.717) is 0 Å². The summed E-state index contributed by atoms with van der Waals surface area (Å²) in [5, 5.41) is 16.2. The first kappa shape index (κ1) is 24.7. The number of carbonyl (C=O) groups is 3. The fourth-order valence-corrected chi connectivity index (χ4v) is 6.06. The van der Waals surface area contributed by atoms with E-state index in [-0.39, 0.29) is 48.1 Å². The molecule has 2 fully saturated rings. The van der Waals surface area contributed by atoms with Crippen molar-refractivity contribution in [3.8, 4) is 0 Å². The number of aliphatic hydroxyl groups is 1. The van der Waals surface area contributed by atoms with Crippen molar-refractivity contribution in [3.05, 3.63) is 12.2 Å². The van der Waals surface area contributed by atoms with E-state index < -0.39 is 23.9 Å². The molecule has 0 bridgehead atoms. The van der Waals surface area contributed by atoms with Gasteiger partial charge in [-0.2, -0.15) is 0 Å². The lowest BCUT2D eigenvalue weighted by molar-refractivity contribution is -0.144. The Balaban J connectivity index is 2.00. The number of carbonyl (C=O) groups excluding carboxylic acids is 3. The van der Waals surface area contributed by atoms with Gasteiger partial charge >= 0.3 is 0 Å².